The first-order valence-corrected chi connectivity index (χ1v) is 15.1. The summed E-state index contributed by atoms with van der Waals surface area (Å²) in [7, 11) is 0. The van der Waals surface area contributed by atoms with Crippen molar-refractivity contribution in [1.29, 1.82) is 0 Å². The maximum atomic E-state index is 13.9. The summed E-state index contributed by atoms with van der Waals surface area (Å²) >= 11 is 0. The van der Waals surface area contributed by atoms with Crippen LogP contribution in [0.1, 0.15) is 38.5 Å². The molecular formula is C27H46F8O13. The van der Waals surface area contributed by atoms with Crippen LogP contribution in [0, 0.1) is 0 Å². The highest BCUT2D eigenvalue weighted by atomic mass is 19.3. The molecule has 5 unspecified atom stereocenters. The van der Waals surface area contributed by atoms with E-state index in [2.05, 4.69) is 9.47 Å². The number of halogens is 8. The molecule has 0 radical (unpaired) electrons. The first-order chi connectivity index (χ1) is 22.4. The van der Waals surface area contributed by atoms with E-state index in [1.54, 1.807) is 0 Å². The second-order valence-corrected chi connectivity index (χ2v) is 10.8. The molecule has 0 saturated heterocycles. The maximum Gasteiger partial charge on any atom is 0.368 e. The van der Waals surface area contributed by atoms with Crippen LogP contribution in [0.3, 0.4) is 0 Å². The molecule has 0 bridgehead atoms. The number of aliphatic hydroxyl groups is 5. The quantitative estimate of drug-likeness (QED) is 0.0534. The van der Waals surface area contributed by atoms with Gasteiger partial charge < -0.3 is 54.0 Å². The number of aliphatic hydroxyl groups excluding tert-OH is 5. The van der Waals surface area contributed by atoms with E-state index in [0.717, 1.165) is 6.42 Å². The van der Waals surface area contributed by atoms with Gasteiger partial charge in [-0.15, -0.1) is 0 Å². The van der Waals surface area contributed by atoms with Crippen molar-refractivity contribution in [3.8, 4) is 0 Å². The van der Waals surface area contributed by atoms with E-state index >= 15 is 0 Å². The maximum absolute atomic E-state index is 13.9. The summed E-state index contributed by atoms with van der Waals surface area (Å²) in [4.78, 5) is 0. The summed E-state index contributed by atoms with van der Waals surface area (Å²) in [5.41, 5.74) is 0. The van der Waals surface area contributed by atoms with Gasteiger partial charge in [-0.3, -0.25) is 9.47 Å². The molecule has 0 amide bonds. The van der Waals surface area contributed by atoms with Crippen LogP contribution >= 0.6 is 0 Å². The van der Waals surface area contributed by atoms with Gasteiger partial charge in [-0.25, -0.2) is 0 Å². The summed E-state index contributed by atoms with van der Waals surface area (Å²) in [5, 5.41) is 46.5. The zero-order valence-corrected chi connectivity index (χ0v) is 26.1. The van der Waals surface area contributed by atoms with Crippen molar-refractivity contribution >= 4 is 0 Å². The molecule has 0 aromatic heterocycles. The SMILES string of the molecule is OCCOCC(O)COCC(O)COCCC(F)(F)OC(F)(F)CC(F)(F)OC(F)(F)CCOCC(O)COC1CCCC1OCCO. The largest absolute Gasteiger partial charge is 0.394 e. The Hall–Kier alpha value is -1.08. The van der Waals surface area contributed by atoms with Gasteiger partial charge in [-0.2, -0.15) is 35.1 Å². The fraction of sp³-hybridized carbons (Fsp3) is 1.00. The molecule has 1 rings (SSSR count). The molecule has 1 saturated carbocycles. The Morgan fingerprint density at radius 1 is 0.500 bits per heavy atom. The Bertz CT molecular complexity index is 834. The molecule has 1 fully saturated rings. The molecule has 0 aromatic rings. The minimum Gasteiger partial charge on any atom is -0.394 e. The molecule has 13 nitrogen and oxygen atoms in total. The Balaban J connectivity index is 2.32. The summed E-state index contributed by atoms with van der Waals surface area (Å²) in [6, 6.07) is 0. The van der Waals surface area contributed by atoms with Gasteiger partial charge in [0.1, 0.15) is 24.7 Å². The number of alkyl halides is 8. The molecule has 0 spiro atoms. The van der Waals surface area contributed by atoms with E-state index in [4.69, 9.17) is 38.6 Å². The highest BCUT2D eigenvalue weighted by molar-refractivity contribution is 4.79. The van der Waals surface area contributed by atoms with Crippen molar-refractivity contribution in [3.05, 3.63) is 0 Å². The van der Waals surface area contributed by atoms with Gasteiger partial charge in [0.15, 0.2) is 0 Å². The standard InChI is InChI=1S/C27H46F8O13/c28-24(29,4-8-41-12-19(38)15-44-16-20(39)13-43-10-6-36)47-26(32,33)18-27(34,35)48-25(30,31)5-9-42-14-21(40)17-46-23-3-1-2-22(23)45-11-7-37/h19-23,36-40H,1-18H2. The Kier molecular flexibility index (Phi) is 21.2. The van der Waals surface area contributed by atoms with Crippen LogP contribution in [0.5, 0.6) is 0 Å². The third-order valence-corrected chi connectivity index (χ3v) is 6.19. The number of ether oxygens (including phenoxy) is 8. The van der Waals surface area contributed by atoms with Crippen molar-refractivity contribution < 1.29 is 98.6 Å². The molecule has 0 aromatic carbocycles. The molecule has 48 heavy (non-hydrogen) atoms. The van der Waals surface area contributed by atoms with E-state index < -0.39 is 95.0 Å². The van der Waals surface area contributed by atoms with Crippen molar-refractivity contribution in [1.82, 2.24) is 0 Å². The smallest absolute Gasteiger partial charge is 0.368 e. The first-order valence-electron chi connectivity index (χ1n) is 15.1. The topological polar surface area (TPSA) is 175 Å². The Labute approximate surface area is 271 Å². The van der Waals surface area contributed by atoms with E-state index in [-0.39, 0.29) is 58.5 Å². The zero-order valence-electron chi connectivity index (χ0n) is 26.1. The molecular weight excluding hydrogens is 684 g/mol. The average molecular weight is 731 g/mol. The lowest BCUT2D eigenvalue weighted by atomic mass is 10.2. The van der Waals surface area contributed by atoms with Crippen LogP contribution in [0.25, 0.3) is 0 Å². The Morgan fingerprint density at radius 3 is 1.35 bits per heavy atom. The van der Waals surface area contributed by atoms with Crippen LogP contribution in [-0.4, -0.2) is 160 Å². The van der Waals surface area contributed by atoms with Gasteiger partial charge >= 0.3 is 24.4 Å². The van der Waals surface area contributed by atoms with Gasteiger partial charge in [0.25, 0.3) is 0 Å². The monoisotopic (exact) mass is 730 g/mol. The fourth-order valence-corrected chi connectivity index (χ4v) is 4.15. The predicted molar refractivity (Wildman–Crippen MR) is 145 cm³/mol. The van der Waals surface area contributed by atoms with Crippen molar-refractivity contribution in [2.24, 2.45) is 0 Å². The van der Waals surface area contributed by atoms with E-state index in [1.807, 2.05) is 0 Å². The minimum absolute atomic E-state index is 0.0204. The Morgan fingerprint density at radius 2 is 0.896 bits per heavy atom. The molecule has 1 aliphatic carbocycles. The molecule has 5 atom stereocenters. The normalized spacial score (nSPS) is 19.9. The fourth-order valence-electron chi connectivity index (χ4n) is 4.15. The van der Waals surface area contributed by atoms with Crippen molar-refractivity contribution in [2.75, 3.05) is 79.3 Å². The number of rotatable bonds is 30. The second-order valence-electron chi connectivity index (χ2n) is 10.8. The summed E-state index contributed by atoms with van der Waals surface area (Å²) < 4.78 is 147. The molecule has 1 aliphatic rings. The van der Waals surface area contributed by atoms with Crippen molar-refractivity contribution in [3.63, 3.8) is 0 Å². The number of hydrogen-bond acceptors (Lipinski definition) is 13. The summed E-state index contributed by atoms with van der Waals surface area (Å²) in [5.74, 6) is 0. The van der Waals surface area contributed by atoms with Crippen LogP contribution in [0.15, 0.2) is 0 Å². The van der Waals surface area contributed by atoms with E-state index in [0.29, 0.717) is 12.8 Å². The lowest BCUT2D eigenvalue weighted by Gasteiger charge is -2.28. The third-order valence-electron chi connectivity index (χ3n) is 6.19. The molecule has 21 heteroatoms. The first kappa shape index (κ1) is 44.9. The molecule has 0 aliphatic heterocycles. The third kappa shape index (κ3) is 21.9. The average Bonchev–Trinajstić information content (AvgIpc) is 3.41. The van der Waals surface area contributed by atoms with E-state index in [9.17, 15) is 50.4 Å². The second kappa shape index (κ2) is 22.7. The van der Waals surface area contributed by atoms with Crippen LogP contribution < -0.4 is 0 Å². The van der Waals surface area contributed by atoms with Crippen LogP contribution in [0.2, 0.25) is 0 Å². The highest BCUT2D eigenvalue weighted by Crippen LogP contribution is 2.40. The van der Waals surface area contributed by atoms with Crippen LogP contribution in [-0.2, 0) is 37.9 Å². The molecule has 288 valence electrons. The molecule has 5 N–H and O–H groups in total. The minimum atomic E-state index is -5.33. The predicted octanol–water partition coefficient (Wildman–Crippen LogP) is 1.65. The van der Waals surface area contributed by atoms with Gasteiger partial charge in [0.05, 0.1) is 104 Å². The lowest BCUT2D eigenvalue weighted by molar-refractivity contribution is -0.432. The van der Waals surface area contributed by atoms with E-state index in [1.165, 1.54) is 0 Å². The van der Waals surface area contributed by atoms with Crippen molar-refractivity contribution in [2.45, 2.75) is 93.5 Å². The summed E-state index contributed by atoms with van der Waals surface area (Å²) in [6.07, 6.45) is -28.7. The highest BCUT2D eigenvalue weighted by Gasteiger charge is 2.54. The lowest BCUT2D eigenvalue weighted by Crippen LogP contribution is -2.42. The summed E-state index contributed by atoms with van der Waals surface area (Å²) in [6.45, 7) is -4.65. The number of hydrogen-bond donors (Lipinski definition) is 5. The van der Waals surface area contributed by atoms with Gasteiger partial charge in [0, 0.05) is 0 Å². The van der Waals surface area contributed by atoms with Crippen LogP contribution in [0.4, 0.5) is 35.1 Å². The molecule has 0 heterocycles. The zero-order chi connectivity index (χ0) is 36.3. The van der Waals surface area contributed by atoms with Gasteiger partial charge in [-0.05, 0) is 19.3 Å². The van der Waals surface area contributed by atoms with Gasteiger partial charge in [0.2, 0.25) is 0 Å². The van der Waals surface area contributed by atoms with Gasteiger partial charge in [-0.1, -0.05) is 0 Å².